The molecule has 0 saturated heterocycles. The minimum atomic E-state index is -0.516. The van der Waals surface area contributed by atoms with E-state index in [2.05, 4.69) is 16.0 Å². The van der Waals surface area contributed by atoms with Gasteiger partial charge < -0.3 is 20.3 Å². The fourth-order valence-corrected chi connectivity index (χ4v) is 2.22. The van der Waals surface area contributed by atoms with Crippen LogP contribution in [0.3, 0.4) is 0 Å². The number of methoxy groups -OCH3 is 1. The minimum Gasteiger partial charge on any atom is -0.495 e. The van der Waals surface area contributed by atoms with Gasteiger partial charge in [-0.25, -0.2) is 4.79 Å². The summed E-state index contributed by atoms with van der Waals surface area (Å²) in [4.78, 5) is 36.6. The number of likely N-dealkylation sites (N-methyl/N-ethyl adjacent to an activating group) is 1. The third kappa shape index (κ3) is 7.98. The van der Waals surface area contributed by atoms with Crippen LogP contribution in [0.15, 0.2) is 24.3 Å². The average molecular weight is 365 g/mol. The highest BCUT2D eigenvalue weighted by molar-refractivity contribution is 5.95. The number of nitrogens with one attached hydrogen (secondary N) is 4. The van der Waals surface area contributed by atoms with Gasteiger partial charge in [0.05, 0.1) is 19.3 Å². The summed E-state index contributed by atoms with van der Waals surface area (Å²) in [6, 6.07) is 6.59. The van der Waals surface area contributed by atoms with Gasteiger partial charge in [0, 0.05) is 6.54 Å². The molecule has 0 fully saturated rings. The lowest BCUT2D eigenvalue weighted by atomic mass is 10.2. The van der Waals surface area contributed by atoms with Crippen molar-refractivity contribution in [1.82, 2.24) is 10.6 Å². The van der Waals surface area contributed by atoms with Crippen molar-refractivity contribution in [2.75, 3.05) is 38.6 Å². The Labute approximate surface area is 154 Å². The molecule has 1 aromatic carbocycles. The second-order valence-electron chi connectivity index (χ2n) is 6.36. The van der Waals surface area contributed by atoms with Gasteiger partial charge in [-0.2, -0.15) is 0 Å². The molecule has 0 aromatic heterocycles. The van der Waals surface area contributed by atoms with Crippen molar-refractivity contribution in [2.45, 2.75) is 20.8 Å². The summed E-state index contributed by atoms with van der Waals surface area (Å²) in [6.45, 7) is 7.00. The summed E-state index contributed by atoms with van der Waals surface area (Å²) < 4.78 is 5.20. The lowest BCUT2D eigenvalue weighted by molar-refractivity contribution is -0.881. The Bertz CT molecular complexity index is 619. The van der Waals surface area contributed by atoms with Crippen LogP contribution in [0.4, 0.5) is 10.5 Å². The van der Waals surface area contributed by atoms with E-state index in [0.717, 1.165) is 4.90 Å². The Hall–Kier alpha value is -2.61. The van der Waals surface area contributed by atoms with Gasteiger partial charge in [0.1, 0.15) is 5.75 Å². The quantitative estimate of drug-likeness (QED) is 0.496. The molecule has 1 atom stereocenters. The first-order valence-electron chi connectivity index (χ1n) is 8.69. The monoisotopic (exact) mass is 365 g/mol. The number of benzene rings is 1. The molecule has 0 saturated carbocycles. The standard InChI is InChI=1S/C18H28N4O4/c1-5-22(12-17(24)21-18(25)19-10-13(2)3)11-16(23)20-14-8-6-7-9-15(14)26-4/h6-9,13H,5,10-12H2,1-4H3,(H,20,23)(H2,19,21,24,25)/p+1. The SMILES string of the molecule is CC[NH+](CC(=O)NC(=O)NCC(C)C)CC(=O)Nc1ccccc1OC. The highest BCUT2D eigenvalue weighted by Gasteiger charge is 2.19. The normalized spacial score (nSPS) is 11.6. The molecule has 0 radical (unpaired) electrons. The maximum atomic E-state index is 12.2. The summed E-state index contributed by atoms with van der Waals surface area (Å²) in [5.41, 5.74) is 0.577. The minimum absolute atomic E-state index is 0.0327. The van der Waals surface area contributed by atoms with E-state index in [-0.39, 0.29) is 19.0 Å². The highest BCUT2D eigenvalue weighted by atomic mass is 16.5. The second kappa shape index (κ2) is 11.1. The number of carbonyl (C=O) groups excluding carboxylic acids is 3. The van der Waals surface area contributed by atoms with Gasteiger partial charge in [0.15, 0.2) is 13.1 Å². The van der Waals surface area contributed by atoms with E-state index in [1.807, 2.05) is 26.8 Å². The molecule has 26 heavy (non-hydrogen) atoms. The first-order chi connectivity index (χ1) is 12.3. The van der Waals surface area contributed by atoms with Crippen LogP contribution in [0.2, 0.25) is 0 Å². The van der Waals surface area contributed by atoms with Crippen LogP contribution in [-0.2, 0) is 9.59 Å². The zero-order chi connectivity index (χ0) is 19.5. The van der Waals surface area contributed by atoms with E-state index in [1.54, 1.807) is 18.2 Å². The number of hydrogen-bond donors (Lipinski definition) is 4. The highest BCUT2D eigenvalue weighted by Crippen LogP contribution is 2.22. The van der Waals surface area contributed by atoms with Crippen LogP contribution in [0.1, 0.15) is 20.8 Å². The maximum absolute atomic E-state index is 12.2. The summed E-state index contributed by atoms with van der Waals surface area (Å²) >= 11 is 0. The predicted octanol–water partition coefficient (Wildman–Crippen LogP) is 0.0203. The number of quaternary nitrogens is 1. The number of carbonyl (C=O) groups is 3. The van der Waals surface area contributed by atoms with Crippen molar-refractivity contribution in [3.63, 3.8) is 0 Å². The van der Waals surface area contributed by atoms with Crippen molar-refractivity contribution in [1.29, 1.82) is 0 Å². The predicted molar refractivity (Wildman–Crippen MR) is 99.2 cm³/mol. The first-order valence-corrected chi connectivity index (χ1v) is 8.69. The molecule has 4 N–H and O–H groups in total. The van der Waals surface area contributed by atoms with Crippen LogP contribution < -0.4 is 25.6 Å². The molecule has 1 aromatic rings. The van der Waals surface area contributed by atoms with E-state index in [1.165, 1.54) is 7.11 Å². The molecule has 4 amide bonds. The maximum Gasteiger partial charge on any atom is 0.321 e. The lowest BCUT2D eigenvalue weighted by Gasteiger charge is -2.17. The fourth-order valence-electron chi connectivity index (χ4n) is 2.22. The Balaban J connectivity index is 2.49. The molecule has 144 valence electrons. The number of para-hydroxylation sites is 2. The zero-order valence-corrected chi connectivity index (χ0v) is 15.8. The Kier molecular flexibility index (Phi) is 9.14. The summed E-state index contributed by atoms with van der Waals surface area (Å²) in [5.74, 6) is 0.211. The third-order valence-electron chi connectivity index (χ3n) is 3.63. The Morgan fingerprint density at radius 1 is 1.12 bits per heavy atom. The number of rotatable bonds is 9. The zero-order valence-electron chi connectivity index (χ0n) is 15.8. The van der Waals surface area contributed by atoms with Crippen LogP contribution in [0, 0.1) is 5.92 Å². The topological polar surface area (TPSA) is 101 Å². The molecule has 0 spiro atoms. The number of imide groups is 1. The van der Waals surface area contributed by atoms with Crippen LogP contribution in [0.5, 0.6) is 5.75 Å². The molecule has 8 nitrogen and oxygen atoms in total. The van der Waals surface area contributed by atoms with Gasteiger partial charge in [-0.1, -0.05) is 26.0 Å². The molecular weight excluding hydrogens is 336 g/mol. The largest absolute Gasteiger partial charge is 0.495 e. The van der Waals surface area contributed by atoms with E-state index in [0.29, 0.717) is 30.4 Å². The van der Waals surface area contributed by atoms with Crippen molar-refractivity contribution in [2.24, 2.45) is 5.92 Å². The smallest absolute Gasteiger partial charge is 0.321 e. The average Bonchev–Trinajstić information content (AvgIpc) is 2.59. The van der Waals surface area contributed by atoms with E-state index in [4.69, 9.17) is 4.74 Å². The van der Waals surface area contributed by atoms with Gasteiger partial charge in [-0.05, 0) is 25.0 Å². The van der Waals surface area contributed by atoms with Crippen molar-refractivity contribution in [3.8, 4) is 5.75 Å². The molecule has 0 heterocycles. The molecular formula is C18H29N4O4+. The number of hydrogen-bond acceptors (Lipinski definition) is 4. The van der Waals surface area contributed by atoms with Crippen LogP contribution >= 0.6 is 0 Å². The molecule has 0 aliphatic rings. The van der Waals surface area contributed by atoms with E-state index >= 15 is 0 Å². The van der Waals surface area contributed by atoms with Crippen molar-refractivity contribution < 1.29 is 24.0 Å². The molecule has 1 unspecified atom stereocenters. The first kappa shape index (κ1) is 21.4. The van der Waals surface area contributed by atoms with E-state index < -0.39 is 11.9 Å². The number of amides is 4. The van der Waals surface area contributed by atoms with E-state index in [9.17, 15) is 14.4 Å². The number of ether oxygens (including phenoxy) is 1. The van der Waals surface area contributed by atoms with Crippen LogP contribution in [-0.4, -0.2) is 51.1 Å². The van der Waals surface area contributed by atoms with Gasteiger partial charge in [0.2, 0.25) is 0 Å². The third-order valence-corrected chi connectivity index (χ3v) is 3.63. The van der Waals surface area contributed by atoms with Gasteiger partial charge >= 0.3 is 6.03 Å². The summed E-state index contributed by atoms with van der Waals surface area (Å²) in [7, 11) is 1.53. The van der Waals surface area contributed by atoms with Gasteiger partial charge in [-0.3, -0.25) is 14.9 Å². The van der Waals surface area contributed by atoms with Crippen LogP contribution in [0.25, 0.3) is 0 Å². The molecule has 0 aliphatic carbocycles. The number of urea groups is 1. The fraction of sp³-hybridized carbons (Fsp3) is 0.500. The second-order valence-corrected chi connectivity index (χ2v) is 6.36. The molecule has 1 rings (SSSR count). The lowest BCUT2D eigenvalue weighted by Crippen LogP contribution is -3.14. The summed E-state index contributed by atoms with van der Waals surface area (Å²) in [6.07, 6.45) is 0. The number of anilines is 1. The van der Waals surface area contributed by atoms with Crippen molar-refractivity contribution >= 4 is 23.5 Å². The summed E-state index contributed by atoms with van der Waals surface area (Å²) in [5, 5.41) is 7.67. The molecule has 0 aliphatic heterocycles. The molecule has 0 bridgehead atoms. The van der Waals surface area contributed by atoms with Crippen molar-refractivity contribution in [3.05, 3.63) is 24.3 Å². The van der Waals surface area contributed by atoms with Gasteiger partial charge in [-0.15, -0.1) is 0 Å². The Morgan fingerprint density at radius 3 is 2.38 bits per heavy atom. The Morgan fingerprint density at radius 2 is 1.77 bits per heavy atom. The molecule has 8 heteroatoms. The van der Waals surface area contributed by atoms with Gasteiger partial charge in [0.25, 0.3) is 11.8 Å².